The number of rotatable bonds is 7. The molecule has 6 nitrogen and oxygen atoms in total. The molecule has 1 aromatic carbocycles. The molecule has 148 valence electrons. The van der Waals surface area contributed by atoms with E-state index in [-0.39, 0.29) is 16.9 Å². The first-order valence-electron chi connectivity index (χ1n) is 9.22. The number of benzene rings is 1. The number of hydrogen-bond donors (Lipinski definition) is 2. The average Bonchev–Trinajstić information content (AvgIpc) is 2.71. The number of ether oxygens (including phenoxy) is 1. The summed E-state index contributed by atoms with van der Waals surface area (Å²) in [6.45, 7) is 9.09. The molecule has 0 atom stereocenters. The number of amides is 1. The molecule has 0 saturated heterocycles. The second kappa shape index (κ2) is 11.2. The number of anilines is 1. The highest BCUT2D eigenvalue weighted by molar-refractivity contribution is 5.94. The Bertz CT molecular complexity index is 796. The Balaban J connectivity index is 0.00000176. The molecule has 2 N–H and O–H groups in total. The van der Waals surface area contributed by atoms with E-state index in [4.69, 9.17) is 4.74 Å². The number of carbonyl (C=O) groups excluding carboxylic acids is 1. The fourth-order valence-electron chi connectivity index (χ4n) is 2.54. The number of nitrogens with one attached hydrogen (secondary N) is 2. The standard InChI is InChI=1S/C19H25N3O3.C2H6/c1-13-14(2)22(9-10-25-4)12-17(18(13)23)19(24)21-11-15-5-7-16(20-3)8-6-15;1-2/h5-8,12,20H,9-11H2,1-4H3,(H,21,24);1-2H3. The third kappa shape index (κ3) is 5.96. The van der Waals surface area contributed by atoms with Crippen LogP contribution in [0.3, 0.4) is 0 Å². The van der Waals surface area contributed by atoms with Crippen molar-refractivity contribution in [2.45, 2.75) is 40.8 Å². The summed E-state index contributed by atoms with van der Waals surface area (Å²) in [7, 11) is 3.47. The van der Waals surface area contributed by atoms with E-state index in [2.05, 4.69) is 10.6 Å². The zero-order chi connectivity index (χ0) is 20.4. The third-order valence-electron chi connectivity index (χ3n) is 4.32. The van der Waals surface area contributed by atoms with Gasteiger partial charge in [-0.15, -0.1) is 0 Å². The van der Waals surface area contributed by atoms with Gasteiger partial charge in [0.25, 0.3) is 5.91 Å². The lowest BCUT2D eigenvalue weighted by molar-refractivity contribution is 0.0948. The molecule has 0 aliphatic rings. The molecule has 0 unspecified atom stereocenters. The lowest BCUT2D eigenvalue weighted by Crippen LogP contribution is -2.31. The minimum absolute atomic E-state index is 0.158. The fourth-order valence-corrected chi connectivity index (χ4v) is 2.54. The van der Waals surface area contributed by atoms with E-state index in [1.165, 1.54) is 0 Å². The van der Waals surface area contributed by atoms with Gasteiger partial charge in [0.1, 0.15) is 5.56 Å². The largest absolute Gasteiger partial charge is 0.388 e. The zero-order valence-corrected chi connectivity index (χ0v) is 17.2. The van der Waals surface area contributed by atoms with Crippen LogP contribution in [-0.2, 0) is 17.8 Å². The van der Waals surface area contributed by atoms with Crippen molar-refractivity contribution in [2.24, 2.45) is 0 Å². The Labute approximate surface area is 161 Å². The third-order valence-corrected chi connectivity index (χ3v) is 4.32. The molecular weight excluding hydrogens is 342 g/mol. The van der Waals surface area contributed by atoms with Gasteiger partial charge in [0.05, 0.1) is 6.61 Å². The van der Waals surface area contributed by atoms with Gasteiger partial charge in [0.15, 0.2) is 5.43 Å². The molecule has 0 bridgehead atoms. The molecular formula is C21H31N3O3. The summed E-state index contributed by atoms with van der Waals surface area (Å²) >= 11 is 0. The van der Waals surface area contributed by atoms with Gasteiger partial charge in [0, 0.05) is 50.4 Å². The number of carbonyl (C=O) groups is 1. The Morgan fingerprint density at radius 1 is 1.15 bits per heavy atom. The van der Waals surface area contributed by atoms with Crippen LogP contribution in [0, 0.1) is 13.8 Å². The van der Waals surface area contributed by atoms with Crippen molar-refractivity contribution < 1.29 is 9.53 Å². The van der Waals surface area contributed by atoms with Crippen molar-refractivity contribution in [1.29, 1.82) is 0 Å². The number of methoxy groups -OCH3 is 1. The van der Waals surface area contributed by atoms with Crippen molar-refractivity contribution in [3.8, 4) is 0 Å². The van der Waals surface area contributed by atoms with E-state index < -0.39 is 0 Å². The van der Waals surface area contributed by atoms with Gasteiger partial charge in [-0.25, -0.2) is 0 Å². The number of nitrogens with zero attached hydrogens (tertiary/aromatic N) is 1. The quantitative estimate of drug-likeness (QED) is 0.782. The molecule has 1 aromatic heterocycles. The first-order valence-corrected chi connectivity index (χ1v) is 9.22. The predicted molar refractivity (Wildman–Crippen MR) is 111 cm³/mol. The Morgan fingerprint density at radius 3 is 2.33 bits per heavy atom. The van der Waals surface area contributed by atoms with Crippen LogP contribution in [0.5, 0.6) is 0 Å². The van der Waals surface area contributed by atoms with Crippen LogP contribution in [0.4, 0.5) is 5.69 Å². The van der Waals surface area contributed by atoms with Crippen molar-refractivity contribution >= 4 is 11.6 Å². The van der Waals surface area contributed by atoms with Crippen molar-refractivity contribution in [1.82, 2.24) is 9.88 Å². The van der Waals surface area contributed by atoms with Gasteiger partial charge < -0.3 is 19.9 Å². The molecule has 6 heteroatoms. The molecule has 0 spiro atoms. The lowest BCUT2D eigenvalue weighted by atomic mass is 10.1. The van der Waals surface area contributed by atoms with E-state index >= 15 is 0 Å². The van der Waals surface area contributed by atoms with Gasteiger partial charge >= 0.3 is 0 Å². The fraction of sp³-hybridized carbons (Fsp3) is 0.429. The predicted octanol–water partition coefficient (Wildman–Crippen LogP) is 3.11. The topological polar surface area (TPSA) is 72.4 Å². The molecule has 0 radical (unpaired) electrons. The summed E-state index contributed by atoms with van der Waals surface area (Å²) < 4.78 is 6.98. The number of aromatic nitrogens is 1. The Morgan fingerprint density at radius 2 is 1.78 bits per heavy atom. The normalized spacial score (nSPS) is 10.0. The van der Waals surface area contributed by atoms with Crippen LogP contribution in [0.25, 0.3) is 0 Å². The van der Waals surface area contributed by atoms with E-state index in [1.54, 1.807) is 20.2 Å². The molecule has 0 aliphatic carbocycles. The zero-order valence-electron chi connectivity index (χ0n) is 17.2. The molecule has 1 amide bonds. The maximum atomic E-state index is 12.5. The summed E-state index contributed by atoms with van der Waals surface area (Å²) in [5.41, 5.74) is 3.34. The Hall–Kier alpha value is -2.60. The smallest absolute Gasteiger partial charge is 0.257 e. The molecule has 0 saturated carbocycles. The van der Waals surface area contributed by atoms with E-state index in [0.29, 0.717) is 25.3 Å². The van der Waals surface area contributed by atoms with Crippen LogP contribution in [0.1, 0.15) is 41.0 Å². The van der Waals surface area contributed by atoms with Crippen molar-refractivity contribution in [2.75, 3.05) is 26.1 Å². The maximum absolute atomic E-state index is 12.5. The first-order chi connectivity index (χ1) is 13.0. The van der Waals surface area contributed by atoms with E-state index in [9.17, 15) is 9.59 Å². The maximum Gasteiger partial charge on any atom is 0.257 e. The van der Waals surface area contributed by atoms with E-state index in [0.717, 1.165) is 16.9 Å². The first kappa shape index (κ1) is 22.4. The van der Waals surface area contributed by atoms with E-state index in [1.807, 2.05) is 56.7 Å². The van der Waals surface area contributed by atoms with Gasteiger partial charge in [-0.1, -0.05) is 26.0 Å². The van der Waals surface area contributed by atoms with Gasteiger partial charge in [-0.05, 0) is 31.5 Å². The molecule has 1 heterocycles. The summed E-state index contributed by atoms with van der Waals surface area (Å²) in [6.07, 6.45) is 1.61. The molecule has 2 rings (SSSR count). The monoisotopic (exact) mass is 373 g/mol. The van der Waals surface area contributed by atoms with Gasteiger partial charge in [0.2, 0.25) is 0 Å². The highest BCUT2D eigenvalue weighted by atomic mass is 16.5. The summed E-state index contributed by atoms with van der Waals surface area (Å²) in [6, 6.07) is 7.75. The van der Waals surface area contributed by atoms with Gasteiger partial charge in [-0.2, -0.15) is 0 Å². The van der Waals surface area contributed by atoms with Crippen molar-refractivity contribution in [3.05, 3.63) is 63.1 Å². The van der Waals surface area contributed by atoms with Crippen LogP contribution in [0.15, 0.2) is 35.3 Å². The summed E-state index contributed by atoms with van der Waals surface area (Å²) in [5, 5.41) is 5.86. The summed E-state index contributed by atoms with van der Waals surface area (Å²) in [4.78, 5) is 24.9. The highest BCUT2D eigenvalue weighted by Crippen LogP contribution is 2.09. The Kier molecular flexibility index (Phi) is 9.30. The second-order valence-corrected chi connectivity index (χ2v) is 5.90. The molecule has 2 aromatic rings. The minimum atomic E-state index is -0.364. The highest BCUT2D eigenvalue weighted by Gasteiger charge is 2.15. The summed E-state index contributed by atoms with van der Waals surface area (Å²) in [5.74, 6) is -0.364. The van der Waals surface area contributed by atoms with Crippen LogP contribution in [-0.4, -0.2) is 31.2 Å². The SMILES string of the molecule is CC.CNc1ccc(CNC(=O)c2cn(CCOC)c(C)c(C)c2=O)cc1. The molecule has 27 heavy (non-hydrogen) atoms. The number of hydrogen-bond acceptors (Lipinski definition) is 4. The molecule has 0 aliphatic heterocycles. The van der Waals surface area contributed by atoms with Crippen LogP contribution < -0.4 is 16.1 Å². The van der Waals surface area contributed by atoms with Gasteiger partial charge in [-0.3, -0.25) is 9.59 Å². The second-order valence-electron chi connectivity index (χ2n) is 5.90. The van der Waals surface area contributed by atoms with Crippen LogP contribution >= 0.6 is 0 Å². The minimum Gasteiger partial charge on any atom is -0.388 e. The van der Waals surface area contributed by atoms with Crippen molar-refractivity contribution in [3.63, 3.8) is 0 Å². The average molecular weight is 373 g/mol. The number of pyridine rings is 1. The lowest BCUT2D eigenvalue weighted by Gasteiger charge is -2.15. The van der Waals surface area contributed by atoms with Crippen LogP contribution in [0.2, 0.25) is 0 Å². The molecule has 0 fully saturated rings.